The predicted octanol–water partition coefficient (Wildman–Crippen LogP) is 2.05. The molecule has 0 aromatic heterocycles. The molecule has 4 aliphatic heterocycles. The summed E-state index contributed by atoms with van der Waals surface area (Å²) in [6.07, 6.45) is 4.53. The molecule has 1 spiro atoms. The van der Waals surface area contributed by atoms with Crippen LogP contribution in [0, 0.1) is 23.7 Å². The molecule has 5 heteroatoms. The first-order valence-corrected chi connectivity index (χ1v) is 7.70. The maximum atomic E-state index is 11.4. The first-order valence-electron chi connectivity index (χ1n) is 7.70. The van der Waals surface area contributed by atoms with Crippen molar-refractivity contribution in [1.29, 1.82) is 0 Å². The Hall–Kier alpha value is -0.490. The second kappa shape index (κ2) is 4.26. The van der Waals surface area contributed by atoms with Crippen molar-refractivity contribution in [2.75, 3.05) is 6.61 Å². The second-order valence-electron chi connectivity index (χ2n) is 7.04. The van der Waals surface area contributed by atoms with Gasteiger partial charge in [-0.3, -0.25) is 0 Å². The zero-order valence-electron chi connectivity index (χ0n) is 12.0. The Morgan fingerprint density at radius 1 is 1.15 bits per heavy atom. The van der Waals surface area contributed by atoms with Crippen LogP contribution in [0.15, 0.2) is 0 Å². The van der Waals surface area contributed by atoms with Crippen LogP contribution in [0.5, 0.6) is 0 Å². The lowest BCUT2D eigenvalue weighted by molar-refractivity contribution is -0.566. The molecule has 7 atom stereocenters. The monoisotopic (exact) mass is 282 g/mol. The van der Waals surface area contributed by atoms with Crippen LogP contribution in [-0.2, 0) is 24.0 Å². The molecule has 4 heterocycles. The largest absolute Gasteiger partial charge is 0.349 e. The van der Waals surface area contributed by atoms with Gasteiger partial charge in [0.05, 0.1) is 6.61 Å². The van der Waals surface area contributed by atoms with Crippen molar-refractivity contribution in [3.05, 3.63) is 0 Å². The fourth-order valence-electron chi connectivity index (χ4n) is 4.79. The van der Waals surface area contributed by atoms with Crippen LogP contribution in [0.1, 0.15) is 39.5 Å². The summed E-state index contributed by atoms with van der Waals surface area (Å²) < 4.78 is 12.0. The highest BCUT2D eigenvalue weighted by Gasteiger charge is 2.68. The summed E-state index contributed by atoms with van der Waals surface area (Å²) in [6.45, 7) is 4.61. The fourth-order valence-corrected chi connectivity index (χ4v) is 4.79. The Balaban J connectivity index is 1.81. The molecule has 1 aliphatic carbocycles. The molecule has 0 aromatic rings. The highest BCUT2D eigenvalue weighted by atomic mass is 17.3. The summed E-state index contributed by atoms with van der Waals surface area (Å²) in [5, 5.41) is 0. The Morgan fingerprint density at radius 3 is 2.80 bits per heavy atom. The molecule has 2 bridgehead atoms. The van der Waals surface area contributed by atoms with Gasteiger partial charge in [-0.15, -0.1) is 0 Å². The molecule has 0 unspecified atom stereocenters. The van der Waals surface area contributed by atoms with Crippen LogP contribution in [0.3, 0.4) is 0 Å². The first-order chi connectivity index (χ1) is 9.59. The van der Waals surface area contributed by atoms with Crippen LogP contribution < -0.4 is 0 Å². The second-order valence-corrected chi connectivity index (χ2v) is 7.04. The molecule has 4 saturated heterocycles. The van der Waals surface area contributed by atoms with Crippen LogP contribution in [0.4, 0.5) is 0 Å². The number of rotatable bonds is 1. The van der Waals surface area contributed by atoms with Crippen molar-refractivity contribution in [2.45, 2.75) is 57.2 Å². The van der Waals surface area contributed by atoms with E-state index in [1.807, 2.05) is 6.92 Å². The van der Waals surface area contributed by atoms with Gasteiger partial charge in [0, 0.05) is 18.3 Å². The minimum atomic E-state index is -0.717. The molecular formula is C15H22O5. The van der Waals surface area contributed by atoms with E-state index in [1.165, 1.54) is 0 Å². The van der Waals surface area contributed by atoms with Gasteiger partial charge in [-0.25, -0.2) is 9.78 Å². The molecule has 0 N–H and O–H groups in total. The third-order valence-corrected chi connectivity index (χ3v) is 5.91. The van der Waals surface area contributed by atoms with Gasteiger partial charge in [0.2, 0.25) is 5.79 Å². The topological polar surface area (TPSA) is 54.0 Å². The van der Waals surface area contributed by atoms with Crippen LogP contribution in [0.2, 0.25) is 0 Å². The third-order valence-electron chi connectivity index (χ3n) is 5.91. The van der Waals surface area contributed by atoms with E-state index in [2.05, 4.69) is 6.92 Å². The summed E-state index contributed by atoms with van der Waals surface area (Å²) >= 11 is 0. The third kappa shape index (κ3) is 1.55. The summed E-state index contributed by atoms with van der Waals surface area (Å²) in [4.78, 5) is 23.0. The van der Waals surface area contributed by atoms with Crippen molar-refractivity contribution < 1.29 is 24.0 Å². The highest BCUT2D eigenvalue weighted by Crippen LogP contribution is 2.59. The van der Waals surface area contributed by atoms with E-state index in [9.17, 15) is 4.79 Å². The van der Waals surface area contributed by atoms with Crippen LogP contribution >= 0.6 is 0 Å². The minimum absolute atomic E-state index is 0.115. The average Bonchev–Trinajstić information content (AvgIpc) is 2.67. The molecule has 5 nitrogen and oxygen atoms in total. The lowest BCUT2D eigenvalue weighted by atomic mass is 9.58. The maximum absolute atomic E-state index is 11.4. The van der Waals surface area contributed by atoms with E-state index < -0.39 is 17.7 Å². The van der Waals surface area contributed by atoms with Gasteiger partial charge in [-0.2, -0.15) is 0 Å². The molecule has 5 aliphatic rings. The van der Waals surface area contributed by atoms with Gasteiger partial charge < -0.3 is 14.3 Å². The number of hydrogen-bond acceptors (Lipinski definition) is 5. The van der Waals surface area contributed by atoms with Crippen molar-refractivity contribution in [3.8, 4) is 0 Å². The number of hydrogen-bond donors (Lipinski definition) is 0. The summed E-state index contributed by atoms with van der Waals surface area (Å²) in [5.74, 6) is 0.179. The zero-order chi connectivity index (χ0) is 14.0. The van der Waals surface area contributed by atoms with Crippen molar-refractivity contribution in [2.24, 2.45) is 23.7 Å². The van der Waals surface area contributed by atoms with Crippen molar-refractivity contribution >= 4 is 6.29 Å². The van der Waals surface area contributed by atoms with E-state index >= 15 is 0 Å². The SMILES string of the molecule is C[C@@H]1CC[C@H]2[C@@H](C=O)CO[C@@H]3O[C@]4(C)CC[C@@H]1[C@]32OO4. The summed E-state index contributed by atoms with van der Waals surface area (Å²) in [7, 11) is 0. The number of aldehydes is 1. The minimum Gasteiger partial charge on any atom is -0.349 e. The Bertz CT molecular complexity index is 426. The maximum Gasteiger partial charge on any atom is 0.201 e. The first kappa shape index (κ1) is 13.2. The molecule has 0 radical (unpaired) electrons. The zero-order valence-corrected chi connectivity index (χ0v) is 12.0. The predicted molar refractivity (Wildman–Crippen MR) is 68.3 cm³/mol. The van der Waals surface area contributed by atoms with Gasteiger partial charge in [-0.05, 0) is 38.0 Å². The Kier molecular flexibility index (Phi) is 2.81. The van der Waals surface area contributed by atoms with Gasteiger partial charge in [0.25, 0.3) is 0 Å². The fraction of sp³-hybridized carbons (Fsp3) is 0.933. The van der Waals surface area contributed by atoms with E-state index in [-0.39, 0.29) is 11.8 Å². The molecule has 20 heavy (non-hydrogen) atoms. The van der Waals surface area contributed by atoms with Crippen LogP contribution in [-0.4, -0.2) is 30.6 Å². The van der Waals surface area contributed by atoms with E-state index in [4.69, 9.17) is 19.2 Å². The van der Waals surface area contributed by atoms with E-state index in [0.717, 1.165) is 32.0 Å². The summed E-state index contributed by atoms with van der Waals surface area (Å²) in [6, 6.07) is 0. The lowest BCUT2D eigenvalue weighted by Gasteiger charge is -2.58. The number of carbonyl (C=O) groups excluding carboxylic acids is 1. The smallest absolute Gasteiger partial charge is 0.201 e. The van der Waals surface area contributed by atoms with Gasteiger partial charge >= 0.3 is 0 Å². The molecule has 5 rings (SSSR count). The van der Waals surface area contributed by atoms with Gasteiger partial charge in [0.15, 0.2) is 11.9 Å². The van der Waals surface area contributed by atoms with E-state index in [1.54, 1.807) is 0 Å². The van der Waals surface area contributed by atoms with Crippen molar-refractivity contribution in [3.63, 3.8) is 0 Å². The molecule has 0 aromatic carbocycles. The van der Waals surface area contributed by atoms with Gasteiger partial charge in [-0.1, -0.05) is 6.92 Å². The molecule has 112 valence electrons. The number of ether oxygens (including phenoxy) is 2. The van der Waals surface area contributed by atoms with Gasteiger partial charge in [0.1, 0.15) is 6.29 Å². The number of carbonyl (C=O) groups is 1. The van der Waals surface area contributed by atoms with E-state index in [0.29, 0.717) is 18.4 Å². The van der Waals surface area contributed by atoms with Crippen molar-refractivity contribution in [1.82, 2.24) is 0 Å². The number of fused-ring (bicyclic) bond motifs is 2. The summed E-state index contributed by atoms with van der Waals surface area (Å²) in [5.41, 5.74) is -0.600. The standard InChI is InChI=1S/C15H22O5/c1-9-3-4-12-10(7-16)8-17-13-15(12)11(9)5-6-14(2,18-13)19-20-15/h7,9-13H,3-6,8H2,1-2H3/t9-,10+,11+,12+,13-,14+,15-/m1/s1. The van der Waals surface area contributed by atoms with Crippen LogP contribution in [0.25, 0.3) is 0 Å². The highest BCUT2D eigenvalue weighted by molar-refractivity contribution is 5.55. The Morgan fingerprint density at radius 2 is 2.00 bits per heavy atom. The average molecular weight is 282 g/mol. The normalized spacial score (nSPS) is 57.8. The quantitative estimate of drug-likeness (QED) is 0.544. The lowest BCUT2D eigenvalue weighted by Crippen LogP contribution is -2.69. The molecule has 5 fully saturated rings. The molecule has 0 amide bonds. The molecular weight excluding hydrogens is 260 g/mol. The molecule has 1 saturated carbocycles. The Labute approximate surface area is 118 Å².